The molecule has 0 spiro atoms. The molecule has 0 aromatic heterocycles. The first-order valence-corrected chi connectivity index (χ1v) is 5.63. The molecular weight excluding hydrogens is 210 g/mol. The van der Waals surface area contributed by atoms with Gasteiger partial charge in [0.2, 0.25) is 0 Å². The minimum absolute atomic E-state index is 0.00723. The van der Waals surface area contributed by atoms with Crippen LogP contribution < -0.4 is 10.6 Å². The highest BCUT2D eigenvalue weighted by Crippen LogP contribution is 1.94. The summed E-state index contributed by atoms with van der Waals surface area (Å²) in [5.74, 6) is -0.186. The van der Waals surface area contributed by atoms with Crippen molar-refractivity contribution in [1.29, 1.82) is 0 Å². The Balaban J connectivity index is 1.95. The fourth-order valence-corrected chi connectivity index (χ4v) is 1.49. The average Bonchev–Trinajstić information content (AvgIpc) is 2.64. The first-order chi connectivity index (χ1) is 7.74. The minimum Gasteiger partial charge on any atom is -0.466 e. The molecule has 2 N–H and O–H groups in total. The van der Waals surface area contributed by atoms with Gasteiger partial charge >= 0.3 is 12.0 Å². The van der Waals surface area contributed by atoms with Crippen LogP contribution in [0.1, 0.15) is 13.3 Å². The van der Waals surface area contributed by atoms with E-state index in [9.17, 15) is 9.59 Å². The van der Waals surface area contributed by atoms with Crippen LogP contribution in [0.15, 0.2) is 0 Å². The van der Waals surface area contributed by atoms with Gasteiger partial charge in [0.15, 0.2) is 0 Å². The average molecular weight is 229 g/mol. The summed E-state index contributed by atoms with van der Waals surface area (Å²) in [6.07, 6.45) is 0.375. The lowest BCUT2D eigenvalue weighted by molar-refractivity contribution is -0.142. The lowest BCUT2D eigenvalue weighted by Crippen LogP contribution is -2.35. The van der Waals surface area contributed by atoms with Crippen LogP contribution in [0.3, 0.4) is 0 Å². The van der Waals surface area contributed by atoms with Crippen LogP contribution >= 0.6 is 0 Å². The van der Waals surface area contributed by atoms with Crippen molar-refractivity contribution in [2.24, 2.45) is 0 Å². The molecule has 0 aromatic rings. The summed E-state index contributed by atoms with van der Waals surface area (Å²) in [4.78, 5) is 23.9. The number of nitrogens with zero attached hydrogens (tertiary/aromatic N) is 1. The Kier molecular flexibility index (Phi) is 5.63. The van der Waals surface area contributed by atoms with Gasteiger partial charge in [-0.3, -0.25) is 4.79 Å². The molecule has 1 rings (SSSR count). The number of carbonyl (C=O) groups is 2. The number of ether oxygens (including phenoxy) is 1. The van der Waals surface area contributed by atoms with Gasteiger partial charge in [0.05, 0.1) is 13.0 Å². The summed E-state index contributed by atoms with van der Waals surface area (Å²) < 4.78 is 4.79. The van der Waals surface area contributed by atoms with Crippen LogP contribution in [0.25, 0.3) is 0 Å². The summed E-state index contributed by atoms with van der Waals surface area (Å²) in [7, 11) is 0. The van der Waals surface area contributed by atoms with Crippen molar-refractivity contribution in [2.45, 2.75) is 13.3 Å². The van der Waals surface area contributed by atoms with E-state index in [4.69, 9.17) is 4.74 Å². The molecule has 92 valence electrons. The SMILES string of the molecule is CCOC(=O)CCNCCN1CCNC1=O. The first kappa shape index (κ1) is 12.8. The van der Waals surface area contributed by atoms with Crippen molar-refractivity contribution in [3.05, 3.63) is 0 Å². The molecule has 0 saturated carbocycles. The van der Waals surface area contributed by atoms with Gasteiger partial charge in [-0.25, -0.2) is 4.79 Å². The van der Waals surface area contributed by atoms with Gasteiger partial charge < -0.3 is 20.3 Å². The molecule has 6 nitrogen and oxygen atoms in total. The highest BCUT2D eigenvalue weighted by Gasteiger charge is 2.17. The van der Waals surface area contributed by atoms with E-state index in [1.54, 1.807) is 11.8 Å². The molecule has 1 aliphatic rings. The van der Waals surface area contributed by atoms with E-state index >= 15 is 0 Å². The maximum atomic E-state index is 11.1. The molecule has 16 heavy (non-hydrogen) atoms. The zero-order valence-electron chi connectivity index (χ0n) is 9.62. The molecule has 1 saturated heterocycles. The third-order valence-corrected chi connectivity index (χ3v) is 2.31. The Morgan fingerprint density at radius 1 is 1.56 bits per heavy atom. The van der Waals surface area contributed by atoms with Gasteiger partial charge in [-0.1, -0.05) is 0 Å². The molecule has 0 radical (unpaired) electrons. The van der Waals surface area contributed by atoms with E-state index in [-0.39, 0.29) is 12.0 Å². The Morgan fingerprint density at radius 3 is 3.00 bits per heavy atom. The molecule has 1 fully saturated rings. The van der Waals surface area contributed by atoms with Crippen molar-refractivity contribution in [1.82, 2.24) is 15.5 Å². The molecule has 1 aliphatic heterocycles. The molecule has 0 unspecified atom stereocenters. The summed E-state index contributed by atoms with van der Waals surface area (Å²) in [6, 6.07) is -0.00723. The second-order valence-electron chi connectivity index (χ2n) is 3.52. The topological polar surface area (TPSA) is 70.7 Å². The number of rotatable bonds is 7. The predicted octanol–water partition coefficient (Wildman–Crippen LogP) is -0.446. The second kappa shape index (κ2) is 7.05. The summed E-state index contributed by atoms with van der Waals surface area (Å²) in [5.41, 5.74) is 0. The molecule has 0 atom stereocenters. The highest BCUT2D eigenvalue weighted by atomic mass is 16.5. The quantitative estimate of drug-likeness (QED) is 0.458. The zero-order chi connectivity index (χ0) is 11.8. The number of carbonyl (C=O) groups excluding carboxylic acids is 2. The monoisotopic (exact) mass is 229 g/mol. The van der Waals surface area contributed by atoms with E-state index in [2.05, 4.69) is 10.6 Å². The molecule has 6 heteroatoms. The van der Waals surface area contributed by atoms with Crippen LogP contribution in [0.2, 0.25) is 0 Å². The fraction of sp³-hybridized carbons (Fsp3) is 0.800. The van der Waals surface area contributed by atoms with E-state index in [1.807, 2.05) is 0 Å². The Bertz CT molecular complexity index is 245. The third-order valence-electron chi connectivity index (χ3n) is 2.31. The molecule has 0 bridgehead atoms. The van der Waals surface area contributed by atoms with E-state index in [0.29, 0.717) is 32.7 Å². The van der Waals surface area contributed by atoms with Gasteiger partial charge in [0.1, 0.15) is 0 Å². The minimum atomic E-state index is -0.186. The second-order valence-corrected chi connectivity index (χ2v) is 3.52. The number of esters is 1. The van der Waals surface area contributed by atoms with E-state index < -0.39 is 0 Å². The lowest BCUT2D eigenvalue weighted by Gasteiger charge is -2.13. The van der Waals surface area contributed by atoms with Crippen molar-refractivity contribution < 1.29 is 14.3 Å². The van der Waals surface area contributed by atoms with Gasteiger partial charge in [-0.05, 0) is 6.92 Å². The van der Waals surface area contributed by atoms with Gasteiger partial charge in [0.25, 0.3) is 0 Å². The summed E-state index contributed by atoms with van der Waals surface area (Å²) in [6.45, 7) is 5.67. The maximum Gasteiger partial charge on any atom is 0.317 e. The van der Waals surface area contributed by atoms with Crippen LogP contribution in [0, 0.1) is 0 Å². The molecule has 2 amide bonds. The number of hydrogen-bond acceptors (Lipinski definition) is 4. The van der Waals surface area contributed by atoms with Crippen LogP contribution in [-0.4, -0.2) is 56.2 Å². The van der Waals surface area contributed by atoms with Crippen molar-refractivity contribution in [2.75, 3.05) is 39.3 Å². The largest absolute Gasteiger partial charge is 0.466 e. The van der Waals surface area contributed by atoms with Gasteiger partial charge in [0, 0.05) is 32.7 Å². The normalized spacial score (nSPS) is 15.1. The molecular formula is C10H19N3O3. The Hall–Kier alpha value is -1.30. The molecule has 0 aromatic carbocycles. The number of hydrogen-bond donors (Lipinski definition) is 2. The Morgan fingerprint density at radius 2 is 2.38 bits per heavy atom. The van der Waals surface area contributed by atoms with Crippen molar-refractivity contribution >= 4 is 12.0 Å². The van der Waals surface area contributed by atoms with Gasteiger partial charge in [-0.15, -0.1) is 0 Å². The van der Waals surface area contributed by atoms with Crippen molar-refractivity contribution in [3.8, 4) is 0 Å². The summed E-state index contributed by atoms with van der Waals surface area (Å²) in [5, 5.41) is 5.83. The van der Waals surface area contributed by atoms with Crippen LogP contribution in [0.5, 0.6) is 0 Å². The smallest absolute Gasteiger partial charge is 0.317 e. The van der Waals surface area contributed by atoms with Crippen LogP contribution in [0.4, 0.5) is 4.79 Å². The maximum absolute atomic E-state index is 11.1. The molecule has 1 heterocycles. The number of urea groups is 1. The number of nitrogens with one attached hydrogen (secondary N) is 2. The van der Waals surface area contributed by atoms with E-state index in [0.717, 1.165) is 13.1 Å². The fourth-order valence-electron chi connectivity index (χ4n) is 1.49. The van der Waals surface area contributed by atoms with Crippen LogP contribution in [-0.2, 0) is 9.53 Å². The summed E-state index contributed by atoms with van der Waals surface area (Å²) >= 11 is 0. The highest BCUT2D eigenvalue weighted by molar-refractivity contribution is 5.76. The molecule has 0 aliphatic carbocycles. The van der Waals surface area contributed by atoms with Crippen molar-refractivity contribution in [3.63, 3.8) is 0 Å². The third kappa shape index (κ3) is 4.48. The lowest BCUT2D eigenvalue weighted by atomic mass is 10.4. The predicted molar refractivity (Wildman–Crippen MR) is 59.1 cm³/mol. The Labute approximate surface area is 95.3 Å². The number of amides is 2. The zero-order valence-corrected chi connectivity index (χ0v) is 9.62. The first-order valence-electron chi connectivity index (χ1n) is 5.63. The van der Waals surface area contributed by atoms with E-state index in [1.165, 1.54) is 0 Å². The van der Waals surface area contributed by atoms with Gasteiger partial charge in [-0.2, -0.15) is 0 Å². The standard InChI is InChI=1S/C10H19N3O3/c1-2-16-9(14)3-4-11-5-7-13-8-6-12-10(13)15/h11H,2-8H2,1H3,(H,12,15).